The van der Waals surface area contributed by atoms with Gasteiger partial charge >= 0.3 is 5.97 Å². The minimum absolute atomic E-state index is 0.0137. The molecule has 0 saturated heterocycles. The lowest BCUT2D eigenvalue weighted by Gasteiger charge is -2.19. The first-order valence-electron chi connectivity index (χ1n) is 5.75. The first-order valence-corrected chi connectivity index (χ1v) is 5.75. The summed E-state index contributed by atoms with van der Waals surface area (Å²) < 4.78 is 4.84. The van der Waals surface area contributed by atoms with E-state index in [0.717, 1.165) is 5.06 Å². The van der Waals surface area contributed by atoms with E-state index < -0.39 is 5.91 Å². The van der Waals surface area contributed by atoms with Gasteiger partial charge in [0.05, 0.1) is 13.7 Å². The Morgan fingerprint density at radius 2 is 2.21 bits per heavy atom. The fourth-order valence-electron chi connectivity index (χ4n) is 1.30. The highest BCUT2D eigenvalue weighted by atomic mass is 16.7. The van der Waals surface area contributed by atoms with Crippen LogP contribution in [0.3, 0.4) is 0 Å². The molecule has 0 unspecified atom stereocenters. The molecule has 7 heteroatoms. The van der Waals surface area contributed by atoms with Gasteiger partial charge in [-0.3, -0.25) is 14.4 Å². The van der Waals surface area contributed by atoms with Crippen molar-refractivity contribution in [2.24, 2.45) is 0 Å². The normalized spacial score (nSPS) is 10.0. The van der Waals surface area contributed by atoms with Crippen LogP contribution in [0.5, 0.6) is 5.75 Å². The monoisotopic (exact) mass is 268 g/mol. The third kappa shape index (κ3) is 4.22. The van der Waals surface area contributed by atoms with Crippen LogP contribution in [0.1, 0.15) is 23.8 Å². The van der Waals surface area contributed by atoms with Crippen molar-refractivity contribution in [2.75, 3.05) is 20.3 Å². The van der Waals surface area contributed by atoms with E-state index in [1.165, 1.54) is 25.4 Å². The number of rotatable bonds is 6. The van der Waals surface area contributed by atoms with E-state index in [0.29, 0.717) is 0 Å². The SMILES string of the molecule is CCC(=O)OCCN(OC)C(=O)c1ncccc1O. The molecule has 0 aliphatic carbocycles. The fourth-order valence-corrected chi connectivity index (χ4v) is 1.30. The molecule has 1 aromatic rings. The molecule has 0 aromatic carbocycles. The molecular weight excluding hydrogens is 252 g/mol. The molecule has 0 spiro atoms. The Hall–Kier alpha value is -2.15. The zero-order valence-corrected chi connectivity index (χ0v) is 10.8. The van der Waals surface area contributed by atoms with Gasteiger partial charge in [-0.2, -0.15) is 0 Å². The maximum Gasteiger partial charge on any atom is 0.305 e. The van der Waals surface area contributed by atoms with Crippen molar-refractivity contribution in [3.8, 4) is 5.75 Å². The van der Waals surface area contributed by atoms with Crippen molar-refractivity contribution in [3.05, 3.63) is 24.0 Å². The number of carbonyl (C=O) groups is 2. The quantitative estimate of drug-likeness (QED) is 0.604. The van der Waals surface area contributed by atoms with E-state index in [9.17, 15) is 14.7 Å². The Bertz CT molecular complexity index is 450. The third-order valence-corrected chi connectivity index (χ3v) is 2.28. The minimum atomic E-state index is -0.604. The predicted molar refractivity (Wildman–Crippen MR) is 65.2 cm³/mol. The molecule has 0 saturated carbocycles. The first-order chi connectivity index (χ1) is 9.10. The maximum atomic E-state index is 12.0. The van der Waals surface area contributed by atoms with Gasteiger partial charge in [0.25, 0.3) is 5.91 Å². The zero-order chi connectivity index (χ0) is 14.3. The van der Waals surface area contributed by atoms with Crippen LogP contribution < -0.4 is 0 Å². The lowest BCUT2D eigenvalue weighted by Crippen LogP contribution is -2.34. The van der Waals surface area contributed by atoms with Crippen molar-refractivity contribution in [1.29, 1.82) is 0 Å². The number of ether oxygens (including phenoxy) is 1. The average molecular weight is 268 g/mol. The molecule has 104 valence electrons. The van der Waals surface area contributed by atoms with E-state index in [1.54, 1.807) is 6.92 Å². The van der Waals surface area contributed by atoms with E-state index in [-0.39, 0.29) is 37.0 Å². The van der Waals surface area contributed by atoms with Crippen molar-refractivity contribution < 1.29 is 24.3 Å². The van der Waals surface area contributed by atoms with Gasteiger partial charge in [-0.05, 0) is 12.1 Å². The molecule has 7 nitrogen and oxygen atoms in total. The van der Waals surface area contributed by atoms with E-state index in [4.69, 9.17) is 9.57 Å². The minimum Gasteiger partial charge on any atom is -0.505 e. The second kappa shape index (κ2) is 7.32. The second-order valence-electron chi connectivity index (χ2n) is 3.53. The Labute approximate surface area is 110 Å². The molecule has 1 heterocycles. The van der Waals surface area contributed by atoms with Crippen molar-refractivity contribution in [1.82, 2.24) is 10.0 Å². The predicted octanol–water partition coefficient (Wildman–Crippen LogP) is 0.744. The van der Waals surface area contributed by atoms with Crippen molar-refractivity contribution in [3.63, 3.8) is 0 Å². The van der Waals surface area contributed by atoms with Crippen LogP contribution in [0.25, 0.3) is 0 Å². The summed E-state index contributed by atoms with van der Waals surface area (Å²) in [7, 11) is 1.31. The van der Waals surface area contributed by atoms with E-state index >= 15 is 0 Å². The van der Waals surface area contributed by atoms with E-state index in [2.05, 4.69) is 4.98 Å². The van der Waals surface area contributed by atoms with E-state index in [1.807, 2.05) is 0 Å². The molecular formula is C12H16N2O5. The molecule has 1 aromatic heterocycles. The van der Waals surface area contributed by atoms with Crippen LogP contribution in [0, 0.1) is 0 Å². The van der Waals surface area contributed by atoms with Crippen LogP contribution in [-0.4, -0.2) is 47.3 Å². The highest BCUT2D eigenvalue weighted by molar-refractivity contribution is 5.94. The Kier molecular flexibility index (Phi) is 5.74. The maximum absolute atomic E-state index is 12.0. The van der Waals surface area contributed by atoms with Gasteiger partial charge < -0.3 is 9.84 Å². The van der Waals surface area contributed by atoms with Gasteiger partial charge in [-0.25, -0.2) is 10.0 Å². The van der Waals surface area contributed by atoms with Crippen molar-refractivity contribution in [2.45, 2.75) is 13.3 Å². The average Bonchev–Trinajstić information content (AvgIpc) is 2.43. The Morgan fingerprint density at radius 3 is 2.79 bits per heavy atom. The third-order valence-electron chi connectivity index (χ3n) is 2.28. The summed E-state index contributed by atoms with van der Waals surface area (Å²) in [5.41, 5.74) is -0.119. The molecule has 1 N–H and O–H groups in total. The largest absolute Gasteiger partial charge is 0.505 e. The van der Waals surface area contributed by atoms with Gasteiger partial charge in [0.2, 0.25) is 0 Å². The lowest BCUT2D eigenvalue weighted by molar-refractivity contribution is -0.148. The summed E-state index contributed by atoms with van der Waals surface area (Å²) in [5, 5.41) is 10.5. The molecule has 0 bridgehead atoms. The number of aromatic nitrogens is 1. The smallest absolute Gasteiger partial charge is 0.305 e. The number of hydrogen-bond donors (Lipinski definition) is 1. The van der Waals surface area contributed by atoms with Crippen LogP contribution in [0.2, 0.25) is 0 Å². The van der Waals surface area contributed by atoms with Crippen LogP contribution >= 0.6 is 0 Å². The van der Waals surface area contributed by atoms with Crippen molar-refractivity contribution >= 4 is 11.9 Å². The zero-order valence-electron chi connectivity index (χ0n) is 10.8. The van der Waals surface area contributed by atoms with Crippen LogP contribution in [0.15, 0.2) is 18.3 Å². The fraction of sp³-hybridized carbons (Fsp3) is 0.417. The summed E-state index contributed by atoms with van der Waals surface area (Å²) in [5.74, 6) is -1.20. The van der Waals surface area contributed by atoms with Gasteiger partial charge in [0.15, 0.2) is 5.69 Å². The summed E-state index contributed by atoms with van der Waals surface area (Å²) in [6.45, 7) is 1.74. The molecule has 0 aliphatic heterocycles. The molecule has 19 heavy (non-hydrogen) atoms. The van der Waals surface area contributed by atoms with Gasteiger partial charge in [-0.1, -0.05) is 6.92 Å². The Morgan fingerprint density at radius 1 is 1.47 bits per heavy atom. The molecule has 0 fully saturated rings. The second-order valence-corrected chi connectivity index (χ2v) is 3.53. The molecule has 1 rings (SSSR count). The number of esters is 1. The standard InChI is InChI=1S/C12H16N2O5/c1-3-10(16)19-8-7-14(18-2)12(17)11-9(15)5-4-6-13-11/h4-6,15H,3,7-8H2,1-2H3. The number of carbonyl (C=O) groups excluding carboxylic acids is 2. The molecule has 1 amide bonds. The summed E-state index contributed by atoms with van der Waals surface area (Å²) >= 11 is 0. The Balaban J connectivity index is 2.62. The number of hydrogen-bond acceptors (Lipinski definition) is 6. The number of nitrogens with zero attached hydrogens (tertiary/aromatic N) is 2. The molecule has 0 aliphatic rings. The highest BCUT2D eigenvalue weighted by Gasteiger charge is 2.20. The molecule has 0 radical (unpaired) electrons. The highest BCUT2D eigenvalue weighted by Crippen LogP contribution is 2.14. The number of amides is 1. The topological polar surface area (TPSA) is 89.0 Å². The van der Waals surface area contributed by atoms with Gasteiger partial charge in [0.1, 0.15) is 12.4 Å². The number of hydroxylamine groups is 2. The lowest BCUT2D eigenvalue weighted by atomic mass is 10.3. The first kappa shape index (κ1) is 14.9. The summed E-state index contributed by atoms with van der Waals surface area (Å²) in [6, 6.07) is 2.86. The van der Waals surface area contributed by atoms with Crippen LogP contribution in [0.4, 0.5) is 0 Å². The van der Waals surface area contributed by atoms with Crippen LogP contribution in [-0.2, 0) is 14.4 Å². The number of pyridine rings is 1. The number of aromatic hydroxyl groups is 1. The molecule has 0 atom stereocenters. The van der Waals surface area contributed by atoms with Gasteiger partial charge in [-0.15, -0.1) is 0 Å². The summed E-state index contributed by atoms with van der Waals surface area (Å²) in [4.78, 5) is 31.6. The summed E-state index contributed by atoms with van der Waals surface area (Å²) in [6.07, 6.45) is 1.65. The van der Waals surface area contributed by atoms with Gasteiger partial charge in [0, 0.05) is 12.6 Å².